The number of rotatable bonds is 6. The molecular weight excluding hydrogens is 443 g/mol. The highest BCUT2D eigenvalue weighted by Crippen LogP contribution is 2.44. The van der Waals surface area contributed by atoms with E-state index < -0.39 is 10.0 Å². The average Bonchev–Trinajstić information content (AvgIpc) is 3.32. The van der Waals surface area contributed by atoms with Crippen molar-refractivity contribution in [2.24, 2.45) is 11.8 Å². The summed E-state index contributed by atoms with van der Waals surface area (Å²) in [6.07, 6.45) is 4.50. The molecule has 1 N–H and O–H groups in total. The first-order valence-corrected chi connectivity index (χ1v) is 12.3. The number of fused-ring (bicyclic) bond motifs is 2. The Morgan fingerprint density at radius 1 is 1.07 bits per heavy atom. The number of nitrogens with zero attached hydrogens (tertiary/aromatic N) is 1. The molecule has 0 aromatic heterocycles. The predicted octanol–water partition coefficient (Wildman–Crippen LogP) is 4.80. The first kappa shape index (κ1) is 21.5. The summed E-state index contributed by atoms with van der Waals surface area (Å²) in [5.41, 5.74) is 1.25. The molecule has 0 unspecified atom stereocenters. The van der Waals surface area contributed by atoms with Gasteiger partial charge in [0, 0.05) is 6.04 Å². The standard InChI is InChI=1S/C22H24Cl2N2O3S/c1-14-2-7-18(8-3-14)30(28,29)26(17-6-9-19(23)20(24)12-17)13-22(27)25-21-11-15-4-5-16(21)10-15/h2-3,6-9,12,15-16,21H,4-5,10-11,13H2,1H3,(H,25,27)/t15-,16-,21-/m1/s1. The molecular formula is C22H24Cl2N2O3S. The van der Waals surface area contributed by atoms with E-state index in [9.17, 15) is 13.2 Å². The number of benzene rings is 2. The maximum atomic E-state index is 13.4. The highest BCUT2D eigenvalue weighted by atomic mass is 35.5. The molecule has 2 aliphatic rings. The van der Waals surface area contributed by atoms with Gasteiger partial charge in [0.2, 0.25) is 5.91 Å². The Bertz CT molecular complexity index is 1060. The molecule has 3 atom stereocenters. The normalized spacial score (nSPS) is 22.8. The number of aryl methyl sites for hydroxylation is 1. The molecule has 0 radical (unpaired) electrons. The Morgan fingerprint density at radius 3 is 2.40 bits per heavy atom. The van der Waals surface area contributed by atoms with Crippen LogP contribution in [0.15, 0.2) is 47.4 Å². The Labute approximate surface area is 187 Å². The highest BCUT2D eigenvalue weighted by molar-refractivity contribution is 7.92. The number of carbonyl (C=O) groups excluding carboxylic acids is 1. The quantitative estimate of drug-likeness (QED) is 0.664. The van der Waals surface area contributed by atoms with Crippen LogP contribution in [0.5, 0.6) is 0 Å². The largest absolute Gasteiger partial charge is 0.352 e. The number of hydrogen-bond acceptors (Lipinski definition) is 3. The number of anilines is 1. The molecule has 0 heterocycles. The second-order valence-corrected chi connectivity index (χ2v) is 10.9. The van der Waals surface area contributed by atoms with E-state index in [1.165, 1.54) is 18.6 Å². The van der Waals surface area contributed by atoms with Crippen LogP contribution in [0.2, 0.25) is 10.0 Å². The Hall–Kier alpha value is -1.76. The summed E-state index contributed by atoms with van der Waals surface area (Å²) in [7, 11) is -3.97. The van der Waals surface area contributed by atoms with Crippen molar-refractivity contribution < 1.29 is 13.2 Å². The molecule has 0 aliphatic heterocycles. The lowest BCUT2D eigenvalue weighted by Crippen LogP contribution is -2.46. The van der Waals surface area contributed by atoms with Gasteiger partial charge in [-0.2, -0.15) is 0 Å². The van der Waals surface area contributed by atoms with Gasteiger partial charge in [-0.3, -0.25) is 9.10 Å². The van der Waals surface area contributed by atoms with E-state index >= 15 is 0 Å². The van der Waals surface area contributed by atoms with Gasteiger partial charge < -0.3 is 5.32 Å². The minimum absolute atomic E-state index is 0.117. The monoisotopic (exact) mass is 466 g/mol. The van der Waals surface area contributed by atoms with Gasteiger partial charge in [-0.05, 0) is 68.4 Å². The fourth-order valence-electron chi connectivity index (χ4n) is 4.60. The number of halogens is 2. The molecule has 2 aliphatic carbocycles. The maximum Gasteiger partial charge on any atom is 0.264 e. The van der Waals surface area contributed by atoms with Gasteiger partial charge in [0.25, 0.3) is 10.0 Å². The van der Waals surface area contributed by atoms with E-state index in [0.717, 1.165) is 29.1 Å². The molecule has 8 heteroatoms. The van der Waals surface area contributed by atoms with Crippen molar-refractivity contribution in [3.05, 3.63) is 58.1 Å². The predicted molar refractivity (Wildman–Crippen MR) is 120 cm³/mol. The summed E-state index contributed by atoms with van der Waals surface area (Å²) in [5.74, 6) is 0.878. The SMILES string of the molecule is Cc1ccc(S(=O)(=O)N(CC(=O)N[C@@H]2C[C@@H]3CC[C@@H]2C3)c2ccc(Cl)c(Cl)c2)cc1. The third kappa shape index (κ3) is 4.32. The minimum atomic E-state index is -3.97. The van der Waals surface area contributed by atoms with Crippen LogP contribution in [0.1, 0.15) is 31.2 Å². The minimum Gasteiger partial charge on any atom is -0.352 e. The van der Waals surface area contributed by atoms with Gasteiger partial charge in [-0.1, -0.05) is 47.3 Å². The van der Waals surface area contributed by atoms with Crippen molar-refractivity contribution in [1.82, 2.24) is 5.32 Å². The summed E-state index contributed by atoms with van der Waals surface area (Å²) < 4.78 is 27.9. The van der Waals surface area contributed by atoms with Crippen LogP contribution in [-0.4, -0.2) is 26.9 Å². The lowest BCUT2D eigenvalue weighted by atomic mass is 9.95. The van der Waals surface area contributed by atoms with Crippen molar-refractivity contribution in [1.29, 1.82) is 0 Å². The molecule has 30 heavy (non-hydrogen) atoms. The number of sulfonamides is 1. The molecule has 2 aromatic rings. The fraction of sp³-hybridized carbons (Fsp3) is 0.409. The summed E-state index contributed by atoms with van der Waals surface area (Å²) >= 11 is 12.1. The number of hydrogen-bond donors (Lipinski definition) is 1. The lowest BCUT2D eigenvalue weighted by Gasteiger charge is -2.27. The first-order valence-electron chi connectivity index (χ1n) is 10.1. The molecule has 4 rings (SSSR count). The van der Waals surface area contributed by atoms with Crippen molar-refractivity contribution in [2.45, 2.75) is 43.5 Å². The molecule has 160 valence electrons. The zero-order valence-electron chi connectivity index (χ0n) is 16.6. The van der Waals surface area contributed by atoms with Crippen LogP contribution in [-0.2, 0) is 14.8 Å². The van der Waals surface area contributed by atoms with E-state index in [1.54, 1.807) is 30.3 Å². The van der Waals surface area contributed by atoms with Crippen LogP contribution in [0, 0.1) is 18.8 Å². The number of carbonyl (C=O) groups is 1. The smallest absolute Gasteiger partial charge is 0.264 e. The summed E-state index contributed by atoms with van der Waals surface area (Å²) in [6.45, 7) is 1.57. The third-order valence-electron chi connectivity index (χ3n) is 6.17. The van der Waals surface area contributed by atoms with Gasteiger partial charge in [0.1, 0.15) is 6.54 Å². The van der Waals surface area contributed by atoms with Gasteiger partial charge >= 0.3 is 0 Å². The molecule has 2 fully saturated rings. The van der Waals surface area contributed by atoms with Gasteiger partial charge in [0.15, 0.2) is 0 Å². The molecule has 1 amide bonds. The van der Waals surface area contributed by atoms with E-state index in [2.05, 4.69) is 5.32 Å². The van der Waals surface area contributed by atoms with Crippen LogP contribution in [0.3, 0.4) is 0 Å². The maximum absolute atomic E-state index is 13.4. The van der Waals surface area contributed by atoms with E-state index in [-0.39, 0.29) is 28.4 Å². The van der Waals surface area contributed by atoms with Crippen LogP contribution in [0.4, 0.5) is 5.69 Å². The first-order chi connectivity index (χ1) is 14.2. The molecule has 0 spiro atoms. The Balaban J connectivity index is 1.62. The molecule has 2 bridgehead atoms. The molecule has 2 aromatic carbocycles. The lowest BCUT2D eigenvalue weighted by molar-refractivity contribution is -0.120. The van der Waals surface area contributed by atoms with Crippen molar-refractivity contribution >= 4 is 44.8 Å². The van der Waals surface area contributed by atoms with Crippen molar-refractivity contribution in [3.8, 4) is 0 Å². The third-order valence-corrected chi connectivity index (χ3v) is 8.70. The summed E-state index contributed by atoms with van der Waals surface area (Å²) in [4.78, 5) is 13.0. The topological polar surface area (TPSA) is 66.5 Å². The zero-order valence-corrected chi connectivity index (χ0v) is 19.0. The van der Waals surface area contributed by atoms with Gasteiger partial charge in [-0.25, -0.2) is 8.42 Å². The molecule has 5 nitrogen and oxygen atoms in total. The molecule has 2 saturated carbocycles. The van der Waals surface area contributed by atoms with Crippen LogP contribution in [0.25, 0.3) is 0 Å². The van der Waals surface area contributed by atoms with E-state index in [1.807, 2.05) is 6.92 Å². The summed E-state index contributed by atoms with van der Waals surface area (Å²) in [6, 6.07) is 11.3. The van der Waals surface area contributed by atoms with Crippen molar-refractivity contribution in [2.75, 3.05) is 10.8 Å². The van der Waals surface area contributed by atoms with E-state index in [0.29, 0.717) is 22.5 Å². The van der Waals surface area contributed by atoms with Crippen LogP contribution < -0.4 is 9.62 Å². The van der Waals surface area contributed by atoms with E-state index in [4.69, 9.17) is 23.2 Å². The Kier molecular flexibility index (Phi) is 6.02. The Morgan fingerprint density at radius 2 is 1.80 bits per heavy atom. The van der Waals surface area contributed by atoms with Crippen LogP contribution >= 0.6 is 23.2 Å². The second kappa shape index (κ2) is 8.40. The zero-order chi connectivity index (χ0) is 21.5. The van der Waals surface area contributed by atoms with Gasteiger partial charge in [0.05, 0.1) is 20.6 Å². The molecule has 0 saturated heterocycles. The summed E-state index contributed by atoms with van der Waals surface area (Å²) in [5, 5.41) is 3.61. The second-order valence-electron chi connectivity index (χ2n) is 8.27. The number of nitrogens with one attached hydrogen (secondary N) is 1. The number of amides is 1. The van der Waals surface area contributed by atoms with Crippen molar-refractivity contribution in [3.63, 3.8) is 0 Å². The highest BCUT2D eigenvalue weighted by Gasteiger charge is 2.40. The average molecular weight is 467 g/mol. The van der Waals surface area contributed by atoms with Gasteiger partial charge in [-0.15, -0.1) is 0 Å². The fourth-order valence-corrected chi connectivity index (χ4v) is 6.30.